The van der Waals surface area contributed by atoms with Gasteiger partial charge in [0.1, 0.15) is 9.51 Å². The molecule has 0 amide bonds. The van der Waals surface area contributed by atoms with Gasteiger partial charge in [0.05, 0.1) is 0 Å². The summed E-state index contributed by atoms with van der Waals surface area (Å²) in [5, 5.41) is -2.21. The van der Waals surface area contributed by atoms with E-state index in [1.54, 1.807) is 15.9 Å². The van der Waals surface area contributed by atoms with Gasteiger partial charge in [0.15, 0.2) is 0 Å². The molecule has 0 N–H and O–H groups in total. The van der Waals surface area contributed by atoms with Gasteiger partial charge in [-0.2, -0.15) is 26.3 Å². The lowest BCUT2D eigenvalue weighted by Crippen LogP contribution is -2.16. The molecular weight excluding hydrogens is 277 g/mol. The van der Waals surface area contributed by atoms with Crippen molar-refractivity contribution in [2.24, 2.45) is 0 Å². The first-order valence-electron chi connectivity index (χ1n) is 2.26. The van der Waals surface area contributed by atoms with Crippen LogP contribution in [-0.2, 0) is 0 Å². The van der Waals surface area contributed by atoms with E-state index >= 15 is 0 Å². The van der Waals surface area contributed by atoms with Gasteiger partial charge < -0.3 is 0 Å². The molecule has 8 heteroatoms. The molecule has 0 saturated carbocycles. The second-order valence-corrected chi connectivity index (χ2v) is 2.79. The van der Waals surface area contributed by atoms with Crippen LogP contribution in [0.2, 0.25) is 0 Å². The second kappa shape index (κ2) is 3.45. The Bertz CT molecular complexity index is 179. The van der Waals surface area contributed by atoms with E-state index in [0.717, 1.165) is 0 Å². The Labute approximate surface area is 76.3 Å². The first-order valence-corrected chi connectivity index (χ1v) is 3.43. The number of halogens is 8. The average molecular weight is 277 g/mol. The quantitative estimate of drug-likeness (QED) is 0.588. The Balaban J connectivity index is 4.96. The first-order chi connectivity index (χ1) is 5.07. The van der Waals surface area contributed by atoms with Crippen LogP contribution in [0.25, 0.3) is 0 Å². The van der Waals surface area contributed by atoms with Gasteiger partial charge >= 0.3 is 12.4 Å². The van der Waals surface area contributed by atoms with Crippen molar-refractivity contribution < 1.29 is 26.3 Å². The first kappa shape index (κ1) is 12.1. The molecule has 0 aromatic rings. The Morgan fingerprint density at radius 1 is 0.917 bits per heavy atom. The van der Waals surface area contributed by atoms with Gasteiger partial charge in [0, 0.05) is 0 Å². The highest BCUT2D eigenvalue weighted by atomic mass is 79.9. The lowest BCUT2D eigenvalue weighted by Gasteiger charge is -2.10. The highest BCUT2D eigenvalue weighted by Gasteiger charge is 2.43. The van der Waals surface area contributed by atoms with Gasteiger partial charge in [0.25, 0.3) is 0 Å². The minimum absolute atomic E-state index is 1.70. The highest BCUT2D eigenvalue weighted by Crippen LogP contribution is 2.41. The van der Waals surface area contributed by atoms with Crippen molar-refractivity contribution in [1.82, 2.24) is 0 Å². The zero-order valence-electron chi connectivity index (χ0n) is 5.02. The van der Waals surface area contributed by atoms with Gasteiger partial charge in [0.2, 0.25) is 0 Å². The lowest BCUT2D eigenvalue weighted by molar-refractivity contribution is -0.104. The Morgan fingerprint density at radius 3 is 1.33 bits per heavy atom. The molecule has 0 aliphatic rings. The number of allylic oxidation sites excluding steroid dienone is 2. The molecular formula is C4BrClF6. The third-order valence-corrected chi connectivity index (χ3v) is 2.17. The Kier molecular flexibility index (Phi) is 3.48. The van der Waals surface area contributed by atoms with Crippen molar-refractivity contribution >= 4 is 27.5 Å². The van der Waals surface area contributed by atoms with Crippen molar-refractivity contribution in [3.8, 4) is 0 Å². The average Bonchev–Trinajstić information content (AvgIpc) is 1.80. The molecule has 0 atom stereocenters. The molecule has 0 fully saturated rings. The molecule has 72 valence electrons. The summed E-state index contributed by atoms with van der Waals surface area (Å²) in [5.74, 6) is 0. The number of hydrogen-bond donors (Lipinski definition) is 0. The summed E-state index contributed by atoms with van der Waals surface area (Å²) in [6.45, 7) is 0. The topological polar surface area (TPSA) is 0 Å². The highest BCUT2D eigenvalue weighted by molar-refractivity contribution is 9.11. The van der Waals surface area contributed by atoms with E-state index < -0.39 is 21.9 Å². The van der Waals surface area contributed by atoms with Crippen LogP contribution < -0.4 is 0 Å². The van der Waals surface area contributed by atoms with E-state index in [9.17, 15) is 26.3 Å². The minimum atomic E-state index is -5.18. The zero-order chi connectivity index (χ0) is 10.2. The number of alkyl halides is 6. The predicted molar refractivity (Wildman–Crippen MR) is 33.9 cm³/mol. The van der Waals surface area contributed by atoms with Crippen molar-refractivity contribution in [3.63, 3.8) is 0 Å². The monoisotopic (exact) mass is 276 g/mol. The van der Waals surface area contributed by atoms with Crippen molar-refractivity contribution in [2.45, 2.75) is 12.4 Å². The largest absolute Gasteiger partial charge is 0.428 e. The fourth-order valence-electron chi connectivity index (χ4n) is 0.249. The molecule has 0 rings (SSSR count). The van der Waals surface area contributed by atoms with Crippen LogP contribution in [-0.4, -0.2) is 12.4 Å². The third kappa shape index (κ3) is 3.22. The zero-order valence-corrected chi connectivity index (χ0v) is 7.37. The van der Waals surface area contributed by atoms with Crippen LogP contribution in [0.4, 0.5) is 26.3 Å². The van der Waals surface area contributed by atoms with E-state index in [0.29, 0.717) is 0 Å². The van der Waals surface area contributed by atoms with Gasteiger partial charge in [-0.05, 0) is 15.9 Å². The van der Waals surface area contributed by atoms with Crippen LogP contribution in [0.3, 0.4) is 0 Å². The maximum Gasteiger partial charge on any atom is 0.428 e. The van der Waals surface area contributed by atoms with Gasteiger partial charge in [-0.15, -0.1) is 0 Å². The van der Waals surface area contributed by atoms with E-state index in [1.165, 1.54) is 0 Å². The molecule has 0 radical (unpaired) electrons. The van der Waals surface area contributed by atoms with E-state index in [2.05, 4.69) is 11.6 Å². The minimum Gasteiger partial charge on any atom is -0.166 e. The predicted octanol–water partition coefficient (Wildman–Crippen LogP) is 3.96. The van der Waals surface area contributed by atoms with Crippen LogP contribution in [0.5, 0.6) is 0 Å². The molecule has 0 unspecified atom stereocenters. The molecule has 0 aromatic heterocycles. The summed E-state index contributed by atoms with van der Waals surface area (Å²) in [5.41, 5.74) is 0. The summed E-state index contributed by atoms with van der Waals surface area (Å²) in [4.78, 5) is 0. The van der Waals surface area contributed by atoms with Gasteiger partial charge in [-0.25, -0.2) is 0 Å². The smallest absolute Gasteiger partial charge is 0.166 e. The van der Waals surface area contributed by atoms with Gasteiger partial charge in [-0.1, -0.05) is 11.6 Å². The Morgan fingerprint density at radius 2 is 1.25 bits per heavy atom. The van der Waals surface area contributed by atoms with E-state index in [1.807, 2.05) is 0 Å². The third-order valence-electron chi connectivity index (χ3n) is 0.690. The van der Waals surface area contributed by atoms with E-state index in [4.69, 9.17) is 0 Å². The normalized spacial score (nSPS) is 16.0. The molecule has 0 spiro atoms. The van der Waals surface area contributed by atoms with Crippen LogP contribution in [0, 0.1) is 0 Å². The van der Waals surface area contributed by atoms with Crippen molar-refractivity contribution in [3.05, 3.63) is 9.51 Å². The number of hydrogen-bond acceptors (Lipinski definition) is 0. The van der Waals surface area contributed by atoms with Crippen LogP contribution in [0.15, 0.2) is 9.51 Å². The maximum absolute atomic E-state index is 11.5. The summed E-state index contributed by atoms with van der Waals surface area (Å²) in [6.07, 6.45) is -10.3. The molecule has 12 heavy (non-hydrogen) atoms. The standard InChI is InChI=1S/C4BrClF6/c5-1(3(7,8)9)2(6)4(10,11)12/b2-1+. The van der Waals surface area contributed by atoms with Crippen molar-refractivity contribution in [2.75, 3.05) is 0 Å². The molecule has 0 aromatic carbocycles. The van der Waals surface area contributed by atoms with Crippen molar-refractivity contribution in [1.29, 1.82) is 0 Å². The fraction of sp³-hybridized carbons (Fsp3) is 0.500. The maximum atomic E-state index is 11.5. The number of rotatable bonds is 0. The van der Waals surface area contributed by atoms with Gasteiger partial charge in [-0.3, -0.25) is 0 Å². The molecule has 0 heterocycles. The summed E-state index contributed by atoms with van der Waals surface area (Å²) in [7, 11) is 0. The SMILES string of the molecule is FC(F)(F)/C(Cl)=C(\Br)C(F)(F)F. The second-order valence-electron chi connectivity index (χ2n) is 1.62. The van der Waals surface area contributed by atoms with E-state index in [-0.39, 0.29) is 0 Å². The molecule has 0 aliphatic heterocycles. The Hall–Kier alpha value is 0.0900. The molecule has 0 bridgehead atoms. The molecule has 0 aliphatic carbocycles. The summed E-state index contributed by atoms with van der Waals surface area (Å²) >= 11 is 6.08. The fourth-order valence-corrected chi connectivity index (χ4v) is 0.581. The molecule has 0 saturated heterocycles. The lowest BCUT2D eigenvalue weighted by atomic mass is 10.5. The molecule has 0 nitrogen and oxygen atoms in total. The summed E-state index contributed by atoms with van der Waals surface area (Å²) in [6, 6.07) is 0. The van der Waals surface area contributed by atoms with Crippen LogP contribution >= 0.6 is 27.5 Å². The summed E-state index contributed by atoms with van der Waals surface area (Å²) < 4.78 is 67.1. The van der Waals surface area contributed by atoms with Crippen LogP contribution in [0.1, 0.15) is 0 Å².